The predicted molar refractivity (Wildman–Crippen MR) is 67.3 cm³/mol. The van der Waals surface area contributed by atoms with Gasteiger partial charge < -0.3 is 14.8 Å². The summed E-state index contributed by atoms with van der Waals surface area (Å²) >= 11 is 6.02. The zero-order chi connectivity index (χ0) is 13.3. The Morgan fingerprint density at radius 2 is 2.22 bits per heavy atom. The second-order valence-electron chi connectivity index (χ2n) is 3.71. The molecule has 0 saturated heterocycles. The molecule has 0 radical (unpaired) electrons. The third-order valence-corrected chi connectivity index (χ3v) is 2.81. The van der Waals surface area contributed by atoms with E-state index >= 15 is 0 Å². The number of hydrogen-bond acceptors (Lipinski definition) is 3. The van der Waals surface area contributed by atoms with Gasteiger partial charge in [-0.2, -0.15) is 0 Å². The number of ether oxygens (including phenoxy) is 1. The molecule has 0 aliphatic carbocycles. The van der Waals surface area contributed by atoms with Crippen LogP contribution >= 0.6 is 11.6 Å². The van der Waals surface area contributed by atoms with Crippen molar-refractivity contribution in [1.82, 2.24) is 9.97 Å². The number of imidazole rings is 1. The van der Waals surface area contributed by atoms with Crippen LogP contribution in [0.2, 0.25) is 5.02 Å². The van der Waals surface area contributed by atoms with Gasteiger partial charge >= 0.3 is 5.97 Å². The number of nitrogens with one attached hydrogen (secondary N) is 1. The van der Waals surface area contributed by atoms with Crippen LogP contribution in [0.15, 0.2) is 18.2 Å². The van der Waals surface area contributed by atoms with Gasteiger partial charge in [0.05, 0.1) is 17.8 Å². The van der Waals surface area contributed by atoms with Crippen molar-refractivity contribution in [3.05, 3.63) is 34.7 Å². The van der Waals surface area contributed by atoms with Gasteiger partial charge in [-0.05, 0) is 25.1 Å². The number of aromatic nitrogens is 2. The summed E-state index contributed by atoms with van der Waals surface area (Å²) < 4.78 is 5.06. The summed E-state index contributed by atoms with van der Waals surface area (Å²) in [4.78, 5) is 17.6. The summed E-state index contributed by atoms with van der Waals surface area (Å²) in [6.45, 7) is 1.76. The van der Waals surface area contributed by atoms with E-state index in [0.29, 0.717) is 22.2 Å². The number of halogens is 1. The Labute approximate surface area is 108 Å². The maximum absolute atomic E-state index is 10.8. The van der Waals surface area contributed by atoms with Crippen molar-refractivity contribution in [3.8, 4) is 17.0 Å². The van der Waals surface area contributed by atoms with E-state index in [-0.39, 0.29) is 5.82 Å². The van der Waals surface area contributed by atoms with Gasteiger partial charge in [0.15, 0.2) is 0 Å². The monoisotopic (exact) mass is 266 g/mol. The standard InChI is InChI=1S/C12H11ClN2O3/c1-6-10(15-11(14-6)12(16)17)7-3-4-9(18-2)8(13)5-7/h3-5H,1-2H3,(H,14,15)(H,16,17). The Balaban J connectivity index is 2.48. The number of carbonyl (C=O) groups is 1. The molecule has 0 amide bonds. The van der Waals surface area contributed by atoms with E-state index < -0.39 is 5.97 Å². The van der Waals surface area contributed by atoms with E-state index in [2.05, 4.69) is 9.97 Å². The predicted octanol–water partition coefficient (Wildman–Crippen LogP) is 2.75. The molecule has 18 heavy (non-hydrogen) atoms. The Hall–Kier alpha value is -2.01. The topological polar surface area (TPSA) is 75.2 Å². The number of carboxylic acids is 1. The lowest BCUT2D eigenvalue weighted by Crippen LogP contribution is -1.98. The molecule has 0 aliphatic rings. The van der Waals surface area contributed by atoms with Gasteiger partial charge in [-0.15, -0.1) is 0 Å². The number of carboxylic acid groups (broad SMARTS) is 1. The second-order valence-corrected chi connectivity index (χ2v) is 4.12. The van der Waals surface area contributed by atoms with Crippen LogP contribution in [0.5, 0.6) is 5.75 Å². The molecule has 0 bridgehead atoms. The van der Waals surface area contributed by atoms with Crippen LogP contribution in [-0.4, -0.2) is 28.2 Å². The number of methoxy groups -OCH3 is 1. The van der Waals surface area contributed by atoms with Gasteiger partial charge in [0.2, 0.25) is 5.82 Å². The first-order chi connectivity index (χ1) is 8.52. The number of hydrogen-bond donors (Lipinski definition) is 2. The maximum atomic E-state index is 10.8. The molecular formula is C12H11ClN2O3. The molecule has 1 aromatic carbocycles. The number of aromatic carboxylic acids is 1. The molecule has 5 nitrogen and oxygen atoms in total. The molecule has 0 saturated carbocycles. The van der Waals surface area contributed by atoms with Crippen LogP contribution in [0.1, 0.15) is 16.3 Å². The molecule has 2 rings (SSSR count). The normalized spacial score (nSPS) is 10.4. The summed E-state index contributed by atoms with van der Waals surface area (Å²) in [5, 5.41) is 9.32. The lowest BCUT2D eigenvalue weighted by atomic mass is 10.1. The Morgan fingerprint density at radius 3 is 2.72 bits per heavy atom. The first kappa shape index (κ1) is 12.4. The fourth-order valence-corrected chi connectivity index (χ4v) is 1.91. The molecule has 0 atom stereocenters. The van der Waals surface area contributed by atoms with Crippen molar-refractivity contribution in [2.24, 2.45) is 0 Å². The van der Waals surface area contributed by atoms with E-state index in [1.807, 2.05) is 0 Å². The summed E-state index contributed by atoms with van der Waals surface area (Å²) in [6, 6.07) is 5.18. The quantitative estimate of drug-likeness (QED) is 0.896. The largest absolute Gasteiger partial charge is 0.495 e. The van der Waals surface area contributed by atoms with Gasteiger partial charge in [0, 0.05) is 11.3 Å². The number of H-pyrrole nitrogens is 1. The molecule has 1 heterocycles. The average molecular weight is 267 g/mol. The zero-order valence-corrected chi connectivity index (χ0v) is 10.6. The molecule has 2 N–H and O–H groups in total. The van der Waals surface area contributed by atoms with Crippen LogP contribution in [-0.2, 0) is 0 Å². The lowest BCUT2D eigenvalue weighted by Gasteiger charge is -2.04. The maximum Gasteiger partial charge on any atom is 0.371 e. The fourth-order valence-electron chi connectivity index (χ4n) is 1.66. The smallest absolute Gasteiger partial charge is 0.371 e. The highest BCUT2D eigenvalue weighted by atomic mass is 35.5. The van der Waals surface area contributed by atoms with E-state index in [0.717, 1.165) is 5.56 Å². The molecular weight excluding hydrogens is 256 g/mol. The summed E-state index contributed by atoms with van der Waals surface area (Å²) in [5.74, 6) is -0.620. The third kappa shape index (κ3) is 2.17. The van der Waals surface area contributed by atoms with Gasteiger partial charge in [0.25, 0.3) is 0 Å². The number of rotatable bonds is 3. The van der Waals surface area contributed by atoms with Crippen molar-refractivity contribution < 1.29 is 14.6 Å². The Bertz CT molecular complexity index is 607. The van der Waals surface area contributed by atoms with Crippen LogP contribution in [0.4, 0.5) is 0 Å². The summed E-state index contributed by atoms with van der Waals surface area (Å²) in [5.41, 5.74) is 1.98. The van der Waals surface area contributed by atoms with Crippen LogP contribution in [0.25, 0.3) is 11.3 Å². The van der Waals surface area contributed by atoms with Gasteiger partial charge in [-0.1, -0.05) is 11.6 Å². The Morgan fingerprint density at radius 1 is 1.50 bits per heavy atom. The molecule has 6 heteroatoms. The zero-order valence-electron chi connectivity index (χ0n) is 9.82. The third-order valence-electron chi connectivity index (χ3n) is 2.51. The molecule has 1 aromatic heterocycles. The fraction of sp³-hybridized carbons (Fsp3) is 0.167. The SMILES string of the molecule is COc1ccc(-c2nc(C(=O)O)[nH]c2C)cc1Cl. The molecule has 2 aromatic rings. The number of nitrogens with zero attached hydrogens (tertiary/aromatic N) is 1. The molecule has 94 valence electrons. The first-order valence-electron chi connectivity index (χ1n) is 5.16. The minimum atomic E-state index is -1.09. The minimum Gasteiger partial charge on any atom is -0.495 e. The van der Waals surface area contributed by atoms with Gasteiger partial charge in [-0.25, -0.2) is 9.78 Å². The highest BCUT2D eigenvalue weighted by Gasteiger charge is 2.14. The van der Waals surface area contributed by atoms with Crippen molar-refractivity contribution in [2.75, 3.05) is 7.11 Å². The van der Waals surface area contributed by atoms with E-state index in [9.17, 15) is 4.79 Å². The van der Waals surface area contributed by atoms with E-state index in [1.54, 1.807) is 25.1 Å². The highest BCUT2D eigenvalue weighted by Crippen LogP contribution is 2.30. The average Bonchev–Trinajstić information content (AvgIpc) is 2.71. The minimum absolute atomic E-state index is 0.0885. The number of benzene rings is 1. The number of aromatic amines is 1. The molecule has 0 unspecified atom stereocenters. The van der Waals surface area contributed by atoms with Crippen LogP contribution in [0.3, 0.4) is 0 Å². The van der Waals surface area contributed by atoms with Crippen molar-refractivity contribution >= 4 is 17.6 Å². The van der Waals surface area contributed by atoms with Crippen molar-refractivity contribution in [2.45, 2.75) is 6.92 Å². The summed E-state index contributed by atoms with van der Waals surface area (Å²) in [6.07, 6.45) is 0. The van der Waals surface area contributed by atoms with Crippen molar-refractivity contribution in [3.63, 3.8) is 0 Å². The van der Waals surface area contributed by atoms with Crippen molar-refractivity contribution in [1.29, 1.82) is 0 Å². The van der Waals surface area contributed by atoms with Gasteiger partial charge in [0.1, 0.15) is 5.75 Å². The van der Waals surface area contributed by atoms with E-state index in [1.165, 1.54) is 7.11 Å². The van der Waals surface area contributed by atoms with Crippen LogP contribution in [0, 0.1) is 6.92 Å². The first-order valence-corrected chi connectivity index (χ1v) is 5.54. The molecule has 0 fully saturated rings. The lowest BCUT2D eigenvalue weighted by molar-refractivity contribution is 0.0684. The number of aryl methyl sites for hydroxylation is 1. The highest BCUT2D eigenvalue weighted by molar-refractivity contribution is 6.32. The summed E-state index contributed by atoms with van der Waals surface area (Å²) in [7, 11) is 1.53. The Kier molecular flexibility index (Phi) is 3.25. The van der Waals surface area contributed by atoms with E-state index in [4.69, 9.17) is 21.4 Å². The van der Waals surface area contributed by atoms with Crippen LogP contribution < -0.4 is 4.74 Å². The molecule has 0 spiro atoms. The molecule has 0 aliphatic heterocycles. The van der Waals surface area contributed by atoms with Gasteiger partial charge in [-0.3, -0.25) is 0 Å². The second kappa shape index (κ2) is 4.70.